The summed E-state index contributed by atoms with van der Waals surface area (Å²) >= 11 is 0. The second-order valence-electron chi connectivity index (χ2n) is 9.18. The molecule has 1 aromatic heterocycles. The van der Waals surface area contributed by atoms with E-state index >= 15 is 0 Å². The number of benzene rings is 2. The molecule has 1 amide bonds. The second kappa shape index (κ2) is 10.9. The number of fused-ring (bicyclic) bond motifs is 3. The highest BCUT2D eigenvalue weighted by Gasteiger charge is 2.22. The number of carbonyl (C=O) groups excluding carboxylic acids is 1. The summed E-state index contributed by atoms with van der Waals surface area (Å²) in [5, 5.41) is 0. The number of anilines is 1. The Balaban J connectivity index is 1.41. The highest BCUT2D eigenvalue weighted by molar-refractivity contribution is 5.92. The minimum atomic E-state index is -0.0985. The standard InChI is InChI=1S/C28H32N4O3/c1-21-17-25(30-28(29-21)31-11-4-5-12-31)27(33)32-13-14-34-15-16-35-26-10-3-2-9-24(26)19-22-7-6-8-23(18-22)20-32/h2-3,6-10,17-18H,4-5,11-16,19-20H2,1H3. The number of hydrogen-bond donors (Lipinski definition) is 0. The van der Waals surface area contributed by atoms with Crippen LogP contribution >= 0.6 is 0 Å². The fourth-order valence-electron chi connectivity index (χ4n) is 4.69. The van der Waals surface area contributed by atoms with Gasteiger partial charge in [0.2, 0.25) is 5.95 Å². The number of amides is 1. The lowest BCUT2D eigenvalue weighted by molar-refractivity contribution is 0.0567. The molecule has 182 valence electrons. The number of aromatic nitrogens is 2. The molecule has 2 aliphatic heterocycles. The summed E-state index contributed by atoms with van der Waals surface area (Å²) in [7, 11) is 0. The van der Waals surface area contributed by atoms with Crippen molar-refractivity contribution in [2.24, 2.45) is 0 Å². The zero-order valence-electron chi connectivity index (χ0n) is 20.3. The summed E-state index contributed by atoms with van der Waals surface area (Å²) < 4.78 is 11.8. The van der Waals surface area contributed by atoms with Gasteiger partial charge in [0, 0.05) is 38.3 Å². The predicted octanol–water partition coefficient (Wildman–Crippen LogP) is 4.03. The van der Waals surface area contributed by atoms with Gasteiger partial charge in [0.15, 0.2) is 0 Å². The summed E-state index contributed by atoms with van der Waals surface area (Å²) in [6.45, 7) is 6.13. The number of aryl methyl sites for hydroxylation is 1. The van der Waals surface area contributed by atoms with Gasteiger partial charge in [-0.15, -0.1) is 0 Å². The van der Waals surface area contributed by atoms with Gasteiger partial charge in [-0.1, -0.05) is 42.5 Å². The lowest BCUT2D eigenvalue weighted by Crippen LogP contribution is -2.35. The lowest BCUT2D eigenvalue weighted by atomic mass is 10.0. The first kappa shape index (κ1) is 23.3. The summed E-state index contributed by atoms with van der Waals surface area (Å²) in [6.07, 6.45) is 3.03. The smallest absolute Gasteiger partial charge is 0.273 e. The van der Waals surface area contributed by atoms with Gasteiger partial charge in [-0.25, -0.2) is 9.97 Å². The molecule has 3 heterocycles. The number of nitrogens with zero attached hydrogens (tertiary/aromatic N) is 4. The summed E-state index contributed by atoms with van der Waals surface area (Å²) in [6, 6.07) is 18.3. The van der Waals surface area contributed by atoms with Gasteiger partial charge in [-0.05, 0) is 48.6 Å². The zero-order valence-corrected chi connectivity index (χ0v) is 20.3. The van der Waals surface area contributed by atoms with Crippen molar-refractivity contribution in [3.8, 4) is 5.75 Å². The van der Waals surface area contributed by atoms with E-state index in [1.807, 2.05) is 30.0 Å². The largest absolute Gasteiger partial charge is 0.491 e. The molecule has 0 aliphatic carbocycles. The molecule has 7 nitrogen and oxygen atoms in total. The van der Waals surface area contributed by atoms with E-state index in [1.165, 1.54) is 5.56 Å². The van der Waals surface area contributed by atoms with Crippen LogP contribution in [-0.4, -0.2) is 60.2 Å². The third-order valence-corrected chi connectivity index (χ3v) is 6.46. The zero-order chi connectivity index (χ0) is 24.0. The monoisotopic (exact) mass is 472 g/mol. The van der Waals surface area contributed by atoms with Gasteiger partial charge < -0.3 is 19.3 Å². The molecule has 0 N–H and O–H groups in total. The van der Waals surface area contributed by atoms with Crippen LogP contribution in [-0.2, 0) is 17.7 Å². The second-order valence-corrected chi connectivity index (χ2v) is 9.18. The van der Waals surface area contributed by atoms with Crippen LogP contribution in [0, 0.1) is 6.92 Å². The highest BCUT2D eigenvalue weighted by Crippen LogP contribution is 2.23. The molecule has 0 spiro atoms. The topological polar surface area (TPSA) is 67.8 Å². The Bertz CT molecular complexity index is 1180. The first-order valence-corrected chi connectivity index (χ1v) is 12.4. The summed E-state index contributed by atoms with van der Waals surface area (Å²) in [5.74, 6) is 1.45. The highest BCUT2D eigenvalue weighted by atomic mass is 16.5. The maximum atomic E-state index is 13.7. The van der Waals surface area contributed by atoms with Crippen molar-refractivity contribution < 1.29 is 14.3 Å². The molecule has 1 saturated heterocycles. The van der Waals surface area contributed by atoms with E-state index in [2.05, 4.69) is 45.2 Å². The van der Waals surface area contributed by atoms with Crippen LogP contribution in [0.1, 0.15) is 45.7 Å². The van der Waals surface area contributed by atoms with Crippen LogP contribution in [0.25, 0.3) is 0 Å². The number of para-hydroxylation sites is 1. The minimum Gasteiger partial charge on any atom is -0.491 e. The average molecular weight is 473 g/mol. The van der Waals surface area contributed by atoms with Crippen LogP contribution in [0.4, 0.5) is 5.95 Å². The molecule has 0 radical (unpaired) electrons. The Hall–Kier alpha value is -3.45. The average Bonchev–Trinajstić information content (AvgIpc) is 3.41. The fourth-order valence-corrected chi connectivity index (χ4v) is 4.69. The van der Waals surface area contributed by atoms with Crippen molar-refractivity contribution >= 4 is 11.9 Å². The van der Waals surface area contributed by atoms with E-state index in [0.29, 0.717) is 44.6 Å². The first-order valence-electron chi connectivity index (χ1n) is 12.4. The SMILES string of the molecule is Cc1cc(C(=O)N2CCOCCOc3ccccc3Cc3cccc(c3)C2)nc(N2CCCC2)n1. The van der Waals surface area contributed by atoms with Crippen molar-refractivity contribution in [1.29, 1.82) is 0 Å². The molecule has 0 atom stereocenters. The Kier molecular flexibility index (Phi) is 7.23. The van der Waals surface area contributed by atoms with E-state index < -0.39 is 0 Å². The maximum Gasteiger partial charge on any atom is 0.273 e. The van der Waals surface area contributed by atoms with Crippen LogP contribution in [0.5, 0.6) is 5.75 Å². The third kappa shape index (κ3) is 5.80. The number of carbonyl (C=O) groups is 1. The molecule has 2 aliphatic rings. The van der Waals surface area contributed by atoms with E-state index in [9.17, 15) is 4.79 Å². The minimum absolute atomic E-state index is 0.0985. The van der Waals surface area contributed by atoms with Crippen molar-refractivity contribution in [1.82, 2.24) is 14.9 Å². The van der Waals surface area contributed by atoms with Crippen molar-refractivity contribution in [2.75, 3.05) is 44.4 Å². The van der Waals surface area contributed by atoms with Gasteiger partial charge in [-0.2, -0.15) is 0 Å². The summed E-state index contributed by atoms with van der Waals surface area (Å²) in [5.41, 5.74) is 4.65. The van der Waals surface area contributed by atoms with Crippen molar-refractivity contribution in [3.05, 3.63) is 82.7 Å². The van der Waals surface area contributed by atoms with Gasteiger partial charge in [0.05, 0.1) is 13.2 Å². The van der Waals surface area contributed by atoms with Gasteiger partial charge in [-0.3, -0.25) is 4.79 Å². The molecule has 35 heavy (non-hydrogen) atoms. The fraction of sp³-hybridized carbons (Fsp3) is 0.393. The Morgan fingerprint density at radius 2 is 1.71 bits per heavy atom. The Morgan fingerprint density at radius 3 is 2.60 bits per heavy atom. The Labute approximate surface area is 206 Å². The molecule has 5 rings (SSSR count). The van der Waals surface area contributed by atoms with Crippen molar-refractivity contribution in [3.63, 3.8) is 0 Å². The van der Waals surface area contributed by atoms with Gasteiger partial charge >= 0.3 is 0 Å². The Morgan fingerprint density at radius 1 is 0.886 bits per heavy atom. The molecular weight excluding hydrogens is 440 g/mol. The molecule has 1 fully saturated rings. The van der Waals surface area contributed by atoms with Crippen LogP contribution in [0.3, 0.4) is 0 Å². The lowest BCUT2D eigenvalue weighted by Gasteiger charge is -2.24. The molecule has 7 heteroatoms. The van der Waals surface area contributed by atoms with E-state index in [-0.39, 0.29) is 5.91 Å². The number of ether oxygens (including phenoxy) is 2. The molecule has 2 aromatic carbocycles. The van der Waals surface area contributed by atoms with Crippen LogP contribution < -0.4 is 9.64 Å². The molecule has 0 unspecified atom stereocenters. The first-order chi connectivity index (χ1) is 17.2. The van der Waals surface area contributed by atoms with Crippen LogP contribution in [0.15, 0.2) is 54.6 Å². The normalized spacial score (nSPS) is 16.8. The summed E-state index contributed by atoms with van der Waals surface area (Å²) in [4.78, 5) is 26.9. The van der Waals surface area contributed by atoms with Crippen LogP contribution in [0.2, 0.25) is 0 Å². The molecule has 0 saturated carbocycles. The molecule has 3 aromatic rings. The maximum absolute atomic E-state index is 13.7. The van der Waals surface area contributed by atoms with E-state index in [4.69, 9.17) is 9.47 Å². The van der Waals surface area contributed by atoms with Gasteiger partial charge in [0.25, 0.3) is 5.91 Å². The van der Waals surface area contributed by atoms with E-state index in [0.717, 1.165) is 54.9 Å². The predicted molar refractivity (Wildman–Crippen MR) is 135 cm³/mol. The molecule has 2 bridgehead atoms. The third-order valence-electron chi connectivity index (χ3n) is 6.46. The molecular formula is C28H32N4O3. The number of hydrogen-bond acceptors (Lipinski definition) is 6. The quantitative estimate of drug-likeness (QED) is 0.561. The van der Waals surface area contributed by atoms with Crippen molar-refractivity contribution in [2.45, 2.75) is 32.7 Å². The number of rotatable bonds is 2. The van der Waals surface area contributed by atoms with E-state index in [1.54, 1.807) is 6.07 Å². The van der Waals surface area contributed by atoms with Gasteiger partial charge in [0.1, 0.15) is 18.1 Å².